The van der Waals surface area contributed by atoms with Gasteiger partial charge in [-0.3, -0.25) is 9.69 Å². The predicted octanol–water partition coefficient (Wildman–Crippen LogP) is 1.11. The van der Waals surface area contributed by atoms with Crippen molar-refractivity contribution in [2.75, 3.05) is 52.5 Å². The van der Waals surface area contributed by atoms with Crippen LogP contribution in [0.2, 0.25) is 0 Å². The summed E-state index contributed by atoms with van der Waals surface area (Å²) in [7, 11) is 0. The Morgan fingerprint density at radius 1 is 1.05 bits per heavy atom. The van der Waals surface area contributed by atoms with Crippen LogP contribution in [0.4, 0.5) is 0 Å². The van der Waals surface area contributed by atoms with Crippen molar-refractivity contribution in [3.05, 3.63) is 0 Å². The zero-order valence-corrected chi connectivity index (χ0v) is 13.1. The van der Waals surface area contributed by atoms with E-state index < -0.39 is 0 Å². The summed E-state index contributed by atoms with van der Waals surface area (Å²) < 4.78 is 5.29. The molecule has 0 atom stereocenters. The first-order valence-electron chi connectivity index (χ1n) is 8.48. The normalized spacial score (nSPS) is 21.7. The Morgan fingerprint density at radius 3 is 2.43 bits per heavy atom. The van der Waals surface area contributed by atoms with Gasteiger partial charge in [0.2, 0.25) is 5.91 Å². The predicted molar refractivity (Wildman–Crippen MR) is 82.1 cm³/mol. The van der Waals surface area contributed by atoms with Crippen molar-refractivity contribution < 1.29 is 14.6 Å². The Bertz CT molecular complexity index is 298. The molecule has 0 unspecified atom stereocenters. The van der Waals surface area contributed by atoms with Gasteiger partial charge < -0.3 is 14.7 Å². The van der Waals surface area contributed by atoms with Crippen LogP contribution < -0.4 is 0 Å². The first-order valence-corrected chi connectivity index (χ1v) is 8.48. The highest BCUT2D eigenvalue weighted by Gasteiger charge is 2.24. The minimum Gasteiger partial charge on any atom is -0.394 e. The largest absolute Gasteiger partial charge is 0.394 e. The Hall–Kier alpha value is -0.650. The van der Waals surface area contributed by atoms with Gasteiger partial charge in [0, 0.05) is 39.1 Å². The quantitative estimate of drug-likeness (QED) is 0.715. The molecule has 0 spiro atoms. The summed E-state index contributed by atoms with van der Waals surface area (Å²) in [5, 5.41) is 8.65. The van der Waals surface area contributed by atoms with E-state index in [9.17, 15) is 4.79 Å². The van der Waals surface area contributed by atoms with E-state index in [1.807, 2.05) is 4.90 Å². The maximum Gasteiger partial charge on any atom is 0.222 e. The van der Waals surface area contributed by atoms with Crippen LogP contribution in [-0.2, 0) is 9.53 Å². The average molecular weight is 298 g/mol. The van der Waals surface area contributed by atoms with Gasteiger partial charge in [-0.05, 0) is 18.8 Å². The number of nitrogens with zero attached hydrogens (tertiary/aromatic N) is 2. The van der Waals surface area contributed by atoms with E-state index >= 15 is 0 Å². The van der Waals surface area contributed by atoms with Crippen LogP contribution in [0.25, 0.3) is 0 Å². The highest BCUT2D eigenvalue weighted by molar-refractivity contribution is 5.76. The van der Waals surface area contributed by atoms with Gasteiger partial charge in [0.05, 0.1) is 19.8 Å². The molecule has 0 aromatic rings. The molecular formula is C16H30N2O3. The number of carbonyl (C=O) groups is 1. The van der Waals surface area contributed by atoms with Crippen molar-refractivity contribution in [1.82, 2.24) is 9.80 Å². The number of hydrogen-bond donors (Lipinski definition) is 1. The van der Waals surface area contributed by atoms with Crippen molar-refractivity contribution >= 4 is 5.91 Å². The number of aliphatic hydroxyl groups is 1. The number of carbonyl (C=O) groups excluding carboxylic acids is 1. The van der Waals surface area contributed by atoms with Crippen LogP contribution in [0, 0.1) is 5.92 Å². The zero-order valence-electron chi connectivity index (χ0n) is 13.1. The van der Waals surface area contributed by atoms with E-state index in [0.717, 1.165) is 39.1 Å². The lowest BCUT2D eigenvalue weighted by Gasteiger charge is -2.35. The standard InChI is InChI=1S/C16H30N2O3/c19-11-13-21-12-10-17-6-8-18(9-7-17)16(20)14-15-4-2-1-3-5-15/h15,19H,1-14H2. The third-order valence-corrected chi connectivity index (χ3v) is 4.70. The third kappa shape index (κ3) is 5.93. The number of amides is 1. The molecule has 2 fully saturated rings. The molecule has 1 amide bonds. The van der Waals surface area contributed by atoms with Crippen LogP contribution in [0.1, 0.15) is 38.5 Å². The average Bonchev–Trinajstić information content (AvgIpc) is 2.53. The van der Waals surface area contributed by atoms with Crippen molar-refractivity contribution in [3.63, 3.8) is 0 Å². The topological polar surface area (TPSA) is 53.0 Å². The number of piperazine rings is 1. The molecule has 1 N–H and O–H groups in total. The maximum atomic E-state index is 12.3. The summed E-state index contributed by atoms with van der Waals surface area (Å²) in [5.41, 5.74) is 0. The van der Waals surface area contributed by atoms with Crippen LogP contribution in [0.3, 0.4) is 0 Å². The molecular weight excluding hydrogens is 268 g/mol. The highest BCUT2D eigenvalue weighted by Crippen LogP contribution is 2.26. The molecule has 1 heterocycles. The van der Waals surface area contributed by atoms with Crippen LogP contribution in [-0.4, -0.2) is 73.4 Å². The summed E-state index contributed by atoms with van der Waals surface area (Å²) >= 11 is 0. The fourth-order valence-electron chi connectivity index (χ4n) is 3.35. The lowest BCUT2D eigenvalue weighted by Crippen LogP contribution is -2.49. The molecule has 1 saturated heterocycles. The second-order valence-electron chi connectivity index (χ2n) is 6.27. The summed E-state index contributed by atoms with van der Waals surface area (Å²) in [4.78, 5) is 16.7. The van der Waals surface area contributed by atoms with Crippen molar-refractivity contribution in [2.24, 2.45) is 5.92 Å². The molecule has 0 aromatic heterocycles. The van der Waals surface area contributed by atoms with E-state index in [-0.39, 0.29) is 6.61 Å². The third-order valence-electron chi connectivity index (χ3n) is 4.70. The minimum absolute atomic E-state index is 0.0868. The SMILES string of the molecule is O=C(CC1CCCCC1)N1CCN(CCOCCO)CC1. The first-order chi connectivity index (χ1) is 10.3. The van der Waals surface area contributed by atoms with Gasteiger partial charge in [-0.15, -0.1) is 0 Å². The summed E-state index contributed by atoms with van der Waals surface area (Å²) in [5.74, 6) is 0.995. The van der Waals surface area contributed by atoms with Crippen molar-refractivity contribution in [2.45, 2.75) is 38.5 Å². The van der Waals surface area contributed by atoms with Crippen molar-refractivity contribution in [1.29, 1.82) is 0 Å². The Labute approximate surface area is 128 Å². The van der Waals surface area contributed by atoms with Gasteiger partial charge in [0.1, 0.15) is 0 Å². The molecule has 2 aliphatic rings. The molecule has 5 heteroatoms. The van der Waals surface area contributed by atoms with Gasteiger partial charge in [-0.2, -0.15) is 0 Å². The summed E-state index contributed by atoms with van der Waals surface area (Å²) in [6, 6.07) is 0. The lowest BCUT2D eigenvalue weighted by molar-refractivity contribution is -0.134. The minimum atomic E-state index is 0.0868. The molecule has 2 rings (SSSR count). The molecule has 21 heavy (non-hydrogen) atoms. The smallest absolute Gasteiger partial charge is 0.222 e. The number of aliphatic hydroxyl groups excluding tert-OH is 1. The van der Waals surface area contributed by atoms with E-state index in [4.69, 9.17) is 9.84 Å². The molecule has 1 aliphatic heterocycles. The van der Waals surface area contributed by atoms with Gasteiger partial charge in [0.15, 0.2) is 0 Å². The fourth-order valence-corrected chi connectivity index (χ4v) is 3.35. The monoisotopic (exact) mass is 298 g/mol. The Kier molecular flexibility index (Phi) is 7.47. The number of rotatable bonds is 7. The van der Waals surface area contributed by atoms with Gasteiger partial charge >= 0.3 is 0 Å². The molecule has 1 saturated carbocycles. The summed E-state index contributed by atoms with van der Waals surface area (Å²) in [6.07, 6.45) is 7.21. The van der Waals surface area contributed by atoms with Crippen LogP contribution >= 0.6 is 0 Å². The van der Waals surface area contributed by atoms with Crippen LogP contribution in [0.15, 0.2) is 0 Å². The van der Waals surface area contributed by atoms with Crippen molar-refractivity contribution in [3.8, 4) is 0 Å². The molecule has 0 aromatic carbocycles. The first kappa shape index (κ1) is 16.7. The maximum absolute atomic E-state index is 12.3. The zero-order chi connectivity index (χ0) is 14.9. The number of hydrogen-bond acceptors (Lipinski definition) is 4. The molecule has 122 valence electrons. The van der Waals surface area contributed by atoms with E-state index in [0.29, 0.717) is 25.0 Å². The highest BCUT2D eigenvalue weighted by atomic mass is 16.5. The van der Waals surface area contributed by atoms with Gasteiger partial charge in [-0.1, -0.05) is 19.3 Å². The Morgan fingerprint density at radius 2 is 1.76 bits per heavy atom. The van der Waals surface area contributed by atoms with Gasteiger partial charge in [-0.25, -0.2) is 0 Å². The Balaban J connectivity index is 1.60. The number of ether oxygens (including phenoxy) is 1. The summed E-state index contributed by atoms with van der Waals surface area (Å²) in [6.45, 7) is 5.65. The second kappa shape index (κ2) is 9.38. The molecule has 5 nitrogen and oxygen atoms in total. The fraction of sp³-hybridized carbons (Fsp3) is 0.938. The second-order valence-corrected chi connectivity index (χ2v) is 6.27. The van der Waals surface area contributed by atoms with Crippen LogP contribution in [0.5, 0.6) is 0 Å². The molecule has 0 bridgehead atoms. The van der Waals surface area contributed by atoms with Gasteiger partial charge in [0.25, 0.3) is 0 Å². The molecule has 1 aliphatic carbocycles. The van der Waals surface area contributed by atoms with E-state index in [1.165, 1.54) is 32.1 Å². The van der Waals surface area contributed by atoms with E-state index in [2.05, 4.69) is 4.90 Å². The van der Waals surface area contributed by atoms with E-state index in [1.54, 1.807) is 0 Å². The lowest BCUT2D eigenvalue weighted by atomic mass is 9.86. The molecule has 0 radical (unpaired) electrons.